The summed E-state index contributed by atoms with van der Waals surface area (Å²) in [6.07, 6.45) is 0. The zero-order valence-electron chi connectivity index (χ0n) is 31.4. The smallest absolute Gasteiger partial charge is 0.221 e. The molecular formula is C54H34N4. The first-order valence-corrected chi connectivity index (χ1v) is 19.7. The second-order valence-corrected chi connectivity index (χ2v) is 15.0. The van der Waals surface area contributed by atoms with Crippen molar-refractivity contribution in [3.63, 3.8) is 0 Å². The zero-order chi connectivity index (χ0) is 38.2. The van der Waals surface area contributed by atoms with Crippen LogP contribution in [0.25, 0.3) is 111 Å². The Hall–Kier alpha value is -7.82. The van der Waals surface area contributed by atoms with E-state index in [2.05, 4.69) is 215 Å². The van der Waals surface area contributed by atoms with Crippen LogP contribution in [0, 0.1) is 0 Å². The van der Waals surface area contributed by atoms with E-state index in [4.69, 9.17) is 9.97 Å². The van der Waals surface area contributed by atoms with Gasteiger partial charge < -0.3 is 0 Å². The monoisotopic (exact) mass is 738 g/mol. The highest BCUT2D eigenvalue weighted by Crippen LogP contribution is 2.42. The standard InChI is InChI=1S/C54H34N4/c1-3-15-35(16-4-1)39-31-40(36-17-5-2-6-18-36)33-41(32-39)37-27-29-38(30-28-37)46-34-47-43-20-10-13-25-50(43)57(52(47)44-21-8-7-19-42(44)46)54-56-48-23-11-9-22-45(48)53-55-49-24-12-14-26-51(49)58(53)54/h1-34H. The maximum absolute atomic E-state index is 5.43. The minimum atomic E-state index is 0.823. The van der Waals surface area contributed by atoms with Crippen molar-refractivity contribution in [3.05, 3.63) is 206 Å². The number of hydrogen-bond donors (Lipinski definition) is 0. The van der Waals surface area contributed by atoms with E-state index in [-0.39, 0.29) is 0 Å². The van der Waals surface area contributed by atoms with Crippen molar-refractivity contribution in [1.29, 1.82) is 0 Å². The van der Waals surface area contributed by atoms with Crippen LogP contribution < -0.4 is 0 Å². The third kappa shape index (κ3) is 5.02. The first-order chi connectivity index (χ1) is 28.8. The zero-order valence-corrected chi connectivity index (χ0v) is 31.4. The first-order valence-electron chi connectivity index (χ1n) is 19.7. The summed E-state index contributed by atoms with van der Waals surface area (Å²) in [7, 11) is 0. The topological polar surface area (TPSA) is 35.1 Å². The molecule has 4 heteroatoms. The molecule has 0 amide bonds. The van der Waals surface area contributed by atoms with Crippen molar-refractivity contribution in [2.75, 3.05) is 0 Å². The number of para-hydroxylation sites is 4. The average Bonchev–Trinajstić information content (AvgIpc) is 3.86. The van der Waals surface area contributed by atoms with Crippen molar-refractivity contribution in [2.24, 2.45) is 0 Å². The van der Waals surface area contributed by atoms with Gasteiger partial charge in [0.25, 0.3) is 0 Å². The number of hydrogen-bond acceptors (Lipinski definition) is 2. The molecule has 0 saturated carbocycles. The second-order valence-electron chi connectivity index (χ2n) is 15.0. The van der Waals surface area contributed by atoms with Crippen molar-refractivity contribution in [3.8, 4) is 50.5 Å². The Morgan fingerprint density at radius 3 is 1.48 bits per heavy atom. The molecule has 0 bridgehead atoms. The lowest BCUT2D eigenvalue weighted by atomic mass is 9.91. The third-order valence-corrected chi connectivity index (χ3v) is 11.7. The van der Waals surface area contributed by atoms with Crippen molar-refractivity contribution >= 4 is 60.2 Å². The summed E-state index contributed by atoms with van der Waals surface area (Å²) in [4.78, 5) is 10.6. The van der Waals surface area contributed by atoms with Gasteiger partial charge in [0.05, 0.1) is 27.6 Å². The molecule has 12 rings (SSSR count). The highest BCUT2D eigenvalue weighted by Gasteiger charge is 2.22. The molecule has 9 aromatic carbocycles. The largest absolute Gasteiger partial charge is 0.278 e. The van der Waals surface area contributed by atoms with Gasteiger partial charge in [-0.05, 0) is 104 Å². The van der Waals surface area contributed by atoms with E-state index in [9.17, 15) is 0 Å². The molecule has 0 N–H and O–H groups in total. The lowest BCUT2D eigenvalue weighted by Gasteiger charge is -2.15. The fourth-order valence-corrected chi connectivity index (χ4v) is 8.98. The number of nitrogens with zero attached hydrogens (tertiary/aromatic N) is 4. The van der Waals surface area contributed by atoms with E-state index in [1.54, 1.807) is 0 Å². The van der Waals surface area contributed by atoms with Gasteiger partial charge in [-0.3, -0.25) is 8.97 Å². The van der Waals surface area contributed by atoms with E-state index in [1.165, 1.54) is 66.1 Å². The summed E-state index contributed by atoms with van der Waals surface area (Å²) < 4.78 is 4.60. The van der Waals surface area contributed by atoms with Crippen LogP contribution in [-0.2, 0) is 0 Å². The van der Waals surface area contributed by atoms with E-state index in [0.29, 0.717) is 0 Å². The molecule has 0 atom stereocenters. The fraction of sp³-hybridized carbons (Fsp3) is 0. The van der Waals surface area contributed by atoms with Crippen LogP contribution in [0.2, 0.25) is 0 Å². The highest BCUT2D eigenvalue weighted by atomic mass is 15.2. The summed E-state index contributed by atoms with van der Waals surface area (Å²) in [6.45, 7) is 0. The Kier molecular flexibility index (Phi) is 7.20. The molecule has 0 fully saturated rings. The number of fused-ring (bicyclic) bond motifs is 10. The minimum Gasteiger partial charge on any atom is -0.278 e. The van der Waals surface area contributed by atoms with Gasteiger partial charge in [-0.2, -0.15) is 0 Å². The molecule has 270 valence electrons. The summed E-state index contributed by atoms with van der Waals surface area (Å²) >= 11 is 0. The van der Waals surface area contributed by atoms with E-state index < -0.39 is 0 Å². The van der Waals surface area contributed by atoms with E-state index in [0.717, 1.165) is 44.6 Å². The normalized spacial score (nSPS) is 11.8. The average molecular weight is 739 g/mol. The number of imidazole rings is 1. The van der Waals surface area contributed by atoms with Gasteiger partial charge in [0.2, 0.25) is 5.95 Å². The first kappa shape index (κ1) is 32.4. The van der Waals surface area contributed by atoms with Gasteiger partial charge in [-0.15, -0.1) is 0 Å². The molecule has 0 saturated heterocycles. The Labute approximate surface area is 334 Å². The Morgan fingerprint density at radius 1 is 0.310 bits per heavy atom. The van der Waals surface area contributed by atoms with Crippen LogP contribution in [0.15, 0.2) is 206 Å². The number of aromatic nitrogens is 4. The number of rotatable bonds is 5. The molecule has 0 aliphatic rings. The van der Waals surface area contributed by atoms with Crippen molar-refractivity contribution < 1.29 is 0 Å². The lowest BCUT2D eigenvalue weighted by molar-refractivity contribution is 0.982. The molecule has 0 spiro atoms. The molecule has 3 aromatic heterocycles. The van der Waals surface area contributed by atoms with E-state index in [1.807, 2.05) is 0 Å². The second kappa shape index (κ2) is 12.9. The van der Waals surface area contributed by atoms with Crippen LogP contribution in [0.1, 0.15) is 0 Å². The maximum atomic E-state index is 5.43. The van der Waals surface area contributed by atoms with Crippen molar-refractivity contribution in [1.82, 2.24) is 18.9 Å². The third-order valence-electron chi connectivity index (χ3n) is 11.7. The molecule has 0 radical (unpaired) electrons. The molecule has 0 aliphatic carbocycles. The molecule has 4 nitrogen and oxygen atoms in total. The fourth-order valence-electron chi connectivity index (χ4n) is 8.98. The van der Waals surface area contributed by atoms with Crippen LogP contribution >= 0.6 is 0 Å². The van der Waals surface area contributed by atoms with Crippen LogP contribution in [-0.4, -0.2) is 18.9 Å². The maximum Gasteiger partial charge on any atom is 0.221 e. The molecule has 3 heterocycles. The highest BCUT2D eigenvalue weighted by molar-refractivity contribution is 6.22. The van der Waals surface area contributed by atoms with Crippen LogP contribution in [0.3, 0.4) is 0 Å². The lowest BCUT2D eigenvalue weighted by Crippen LogP contribution is -2.06. The summed E-state index contributed by atoms with van der Waals surface area (Å²) in [5.41, 5.74) is 15.6. The summed E-state index contributed by atoms with van der Waals surface area (Å²) in [6, 6.07) is 74.0. The predicted octanol–water partition coefficient (Wildman–Crippen LogP) is 14.0. The molecule has 58 heavy (non-hydrogen) atoms. The predicted molar refractivity (Wildman–Crippen MR) is 242 cm³/mol. The van der Waals surface area contributed by atoms with E-state index >= 15 is 0 Å². The van der Waals surface area contributed by atoms with Gasteiger partial charge in [-0.1, -0.05) is 152 Å². The quantitative estimate of drug-likeness (QED) is 0.176. The minimum absolute atomic E-state index is 0.823. The van der Waals surface area contributed by atoms with Gasteiger partial charge in [0.1, 0.15) is 5.65 Å². The molecule has 12 aromatic rings. The Morgan fingerprint density at radius 2 is 0.810 bits per heavy atom. The SMILES string of the molecule is c1ccc(-c2cc(-c3ccccc3)cc(-c3ccc(-c4cc5c6ccccc6n(-c6nc7ccccc7c7nc8ccccc8n67)c5c5ccccc45)cc3)c2)cc1. The van der Waals surface area contributed by atoms with Gasteiger partial charge >= 0.3 is 0 Å². The summed E-state index contributed by atoms with van der Waals surface area (Å²) in [5.74, 6) is 0.823. The van der Waals surface area contributed by atoms with Crippen molar-refractivity contribution in [2.45, 2.75) is 0 Å². The van der Waals surface area contributed by atoms with Crippen LogP contribution in [0.4, 0.5) is 0 Å². The van der Waals surface area contributed by atoms with Gasteiger partial charge in [-0.25, -0.2) is 9.97 Å². The number of benzene rings is 9. The molecule has 0 aliphatic heterocycles. The van der Waals surface area contributed by atoms with Gasteiger partial charge in [0, 0.05) is 21.5 Å². The summed E-state index contributed by atoms with van der Waals surface area (Å²) in [5, 5.41) is 5.76. The van der Waals surface area contributed by atoms with Gasteiger partial charge in [0.15, 0.2) is 0 Å². The molecular weight excluding hydrogens is 705 g/mol. The van der Waals surface area contributed by atoms with Crippen LogP contribution in [0.5, 0.6) is 0 Å². The Bertz CT molecular complexity index is 3490. The molecule has 0 unspecified atom stereocenters. The Balaban J connectivity index is 1.07.